The third-order valence-electron chi connectivity index (χ3n) is 2.94. The molecule has 0 spiro atoms. The van der Waals surface area contributed by atoms with Crippen molar-refractivity contribution in [3.8, 4) is 17.0 Å². The van der Waals surface area contributed by atoms with Crippen LogP contribution >= 0.6 is 0 Å². The van der Waals surface area contributed by atoms with Crippen molar-refractivity contribution >= 4 is 12.1 Å². The molecule has 1 aromatic carbocycles. The number of hydrogen-bond acceptors (Lipinski definition) is 4. The number of aromatic nitrogens is 2. The second kappa shape index (κ2) is 5.14. The van der Waals surface area contributed by atoms with E-state index < -0.39 is 0 Å². The molecule has 5 heteroatoms. The van der Waals surface area contributed by atoms with Crippen LogP contribution in [0.2, 0.25) is 0 Å². The molecule has 0 bridgehead atoms. The maximum atomic E-state index is 11.2. The van der Waals surface area contributed by atoms with Gasteiger partial charge in [0.05, 0.1) is 12.2 Å². The molecule has 0 fully saturated rings. The fourth-order valence-electron chi connectivity index (χ4n) is 1.98. The molecule has 2 aromatic rings. The number of benzene rings is 1. The van der Waals surface area contributed by atoms with E-state index in [4.69, 9.17) is 10.5 Å². The van der Waals surface area contributed by atoms with Crippen molar-refractivity contribution in [2.24, 2.45) is 7.05 Å². The van der Waals surface area contributed by atoms with Crippen molar-refractivity contribution in [3.05, 3.63) is 29.3 Å². The maximum absolute atomic E-state index is 11.2. The van der Waals surface area contributed by atoms with Crippen molar-refractivity contribution in [3.63, 3.8) is 0 Å². The molecular formula is C14H17N3O2. The van der Waals surface area contributed by atoms with E-state index >= 15 is 0 Å². The van der Waals surface area contributed by atoms with E-state index in [0.717, 1.165) is 17.4 Å². The van der Waals surface area contributed by atoms with Crippen LogP contribution in [0.1, 0.15) is 22.8 Å². The Bertz CT molecular complexity index is 617. The number of carbonyl (C=O) groups is 1. The summed E-state index contributed by atoms with van der Waals surface area (Å²) in [6.45, 7) is 4.44. The lowest BCUT2D eigenvalue weighted by atomic mass is 10.0. The van der Waals surface area contributed by atoms with Crippen LogP contribution in [0, 0.1) is 6.92 Å². The van der Waals surface area contributed by atoms with Gasteiger partial charge in [-0.1, -0.05) is 11.6 Å². The van der Waals surface area contributed by atoms with Gasteiger partial charge in [-0.15, -0.1) is 0 Å². The zero-order valence-electron chi connectivity index (χ0n) is 11.3. The van der Waals surface area contributed by atoms with Gasteiger partial charge < -0.3 is 10.5 Å². The van der Waals surface area contributed by atoms with Gasteiger partial charge in [-0.25, -0.2) is 0 Å². The Labute approximate surface area is 112 Å². The van der Waals surface area contributed by atoms with E-state index in [-0.39, 0.29) is 0 Å². The van der Waals surface area contributed by atoms with Gasteiger partial charge in [0.2, 0.25) is 0 Å². The van der Waals surface area contributed by atoms with Gasteiger partial charge >= 0.3 is 0 Å². The minimum Gasteiger partial charge on any atom is -0.493 e. The van der Waals surface area contributed by atoms with E-state index in [2.05, 4.69) is 5.10 Å². The summed E-state index contributed by atoms with van der Waals surface area (Å²) in [5.74, 6) is 1.06. The van der Waals surface area contributed by atoms with Gasteiger partial charge in [0.1, 0.15) is 17.3 Å². The number of hydrogen-bond donors (Lipinski definition) is 1. The van der Waals surface area contributed by atoms with Crippen LogP contribution in [0.15, 0.2) is 18.2 Å². The number of ether oxygens (including phenoxy) is 1. The van der Waals surface area contributed by atoms with Gasteiger partial charge in [-0.05, 0) is 26.0 Å². The monoisotopic (exact) mass is 259 g/mol. The average Bonchev–Trinajstić information content (AvgIpc) is 2.68. The molecule has 1 aromatic heterocycles. The van der Waals surface area contributed by atoms with Crippen LogP contribution in [-0.4, -0.2) is 22.7 Å². The summed E-state index contributed by atoms with van der Waals surface area (Å²) >= 11 is 0. The topological polar surface area (TPSA) is 70.1 Å². The van der Waals surface area contributed by atoms with E-state index in [1.54, 1.807) is 7.05 Å². The van der Waals surface area contributed by atoms with Crippen LogP contribution < -0.4 is 10.5 Å². The van der Waals surface area contributed by atoms with Gasteiger partial charge in [0.25, 0.3) is 0 Å². The average molecular weight is 259 g/mol. The molecule has 0 saturated heterocycles. The SMILES string of the molecule is CCOc1ccc(C)cc1-c1nn(C)c(N)c1C=O. The molecule has 2 rings (SSSR count). The fraction of sp³-hybridized carbons (Fsp3) is 0.286. The van der Waals surface area contributed by atoms with Crippen LogP contribution in [0.5, 0.6) is 5.75 Å². The third-order valence-corrected chi connectivity index (χ3v) is 2.94. The molecule has 1 heterocycles. The summed E-state index contributed by atoms with van der Waals surface area (Å²) in [6, 6.07) is 5.79. The van der Waals surface area contributed by atoms with Crippen LogP contribution in [0.3, 0.4) is 0 Å². The van der Waals surface area contributed by atoms with Gasteiger partial charge in [-0.2, -0.15) is 5.10 Å². The molecular weight excluding hydrogens is 242 g/mol. The zero-order valence-corrected chi connectivity index (χ0v) is 11.3. The lowest BCUT2D eigenvalue weighted by molar-refractivity contribution is 0.112. The molecule has 2 N–H and O–H groups in total. The first-order valence-electron chi connectivity index (χ1n) is 6.10. The molecule has 0 radical (unpaired) electrons. The van der Waals surface area contributed by atoms with E-state index in [1.165, 1.54) is 4.68 Å². The van der Waals surface area contributed by atoms with Crippen LogP contribution in [0.4, 0.5) is 5.82 Å². The highest BCUT2D eigenvalue weighted by atomic mass is 16.5. The minimum absolute atomic E-state index is 0.356. The highest BCUT2D eigenvalue weighted by Crippen LogP contribution is 2.33. The van der Waals surface area contributed by atoms with Gasteiger partial charge in [-0.3, -0.25) is 9.48 Å². The van der Waals surface area contributed by atoms with Crippen molar-refractivity contribution < 1.29 is 9.53 Å². The van der Waals surface area contributed by atoms with Crippen molar-refractivity contribution in [2.75, 3.05) is 12.3 Å². The van der Waals surface area contributed by atoms with E-state index in [1.807, 2.05) is 32.0 Å². The lowest BCUT2D eigenvalue weighted by Crippen LogP contribution is -1.98. The summed E-state index contributed by atoms with van der Waals surface area (Å²) in [6.07, 6.45) is 0.732. The summed E-state index contributed by atoms with van der Waals surface area (Å²) in [7, 11) is 1.71. The molecule has 0 unspecified atom stereocenters. The van der Waals surface area contributed by atoms with Crippen molar-refractivity contribution in [2.45, 2.75) is 13.8 Å². The number of aldehydes is 1. The normalized spacial score (nSPS) is 10.5. The van der Waals surface area contributed by atoms with Gasteiger partial charge in [0, 0.05) is 12.6 Å². The Hall–Kier alpha value is -2.30. The zero-order chi connectivity index (χ0) is 14.0. The second-order valence-corrected chi connectivity index (χ2v) is 4.32. The molecule has 0 aliphatic heterocycles. The Morgan fingerprint density at radius 2 is 2.21 bits per heavy atom. The van der Waals surface area contributed by atoms with Crippen molar-refractivity contribution in [1.29, 1.82) is 0 Å². The molecule has 100 valence electrons. The smallest absolute Gasteiger partial charge is 0.156 e. The number of rotatable bonds is 4. The number of nitrogen functional groups attached to an aromatic ring is 1. The summed E-state index contributed by atoms with van der Waals surface area (Å²) in [5.41, 5.74) is 8.65. The Balaban J connectivity index is 2.66. The Kier molecular flexibility index (Phi) is 3.55. The molecule has 0 amide bonds. The molecule has 5 nitrogen and oxygen atoms in total. The summed E-state index contributed by atoms with van der Waals surface area (Å²) < 4.78 is 7.09. The molecule has 19 heavy (non-hydrogen) atoms. The third kappa shape index (κ3) is 2.31. The lowest BCUT2D eigenvalue weighted by Gasteiger charge is -2.09. The Morgan fingerprint density at radius 1 is 1.47 bits per heavy atom. The highest BCUT2D eigenvalue weighted by molar-refractivity contribution is 5.92. The molecule has 0 aliphatic carbocycles. The quantitative estimate of drug-likeness (QED) is 0.854. The molecule has 0 atom stereocenters. The first-order valence-corrected chi connectivity index (χ1v) is 6.10. The van der Waals surface area contributed by atoms with Crippen LogP contribution in [0.25, 0.3) is 11.3 Å². The number of nitrogens with zero attached hydrogens (tertiary/aromatic N) is 2. The summed E-state index contributed by atoms with van der Waals surface area (Å²) in [4.78, 5) is 11.2. The fourth-order valence-corrected chi connectivity index (χ4v) is 1.98. The standard InChI is InChI=1S/C14H17N3O2/c1-4-19-12-6-5-9(2)7-10(12)13-11(8-18)14(15)17(3)16-13/h5-8H,4,15H2,1-3H3. The predicted octanol–water partition coefficient (Wildman–Crippen LogP) is 2.19. The van der Waals surface area contributed by atoms with E-state index in [9.17, 15) is 4.79 Å². The Morgan fingerprint density at radius 3 is 2.84 bits per heavy atom. The number of nitrogens with two attached hydrogens (primary N) is 1. The largest absolute Gasteiger partial charge is 0.493 e. The van der Waals surface area contributed by atoms with Crippen LogP contribution in [-0.2, 0) is 7.05 Å². The second-order valence-electron chi connectivity index (χ2n) is 4.32. The predicted molar refractivity (Wildman–Crippen MR) is 74.3 cm³/mol. The van der Waals surface area contributed by atoms with Crippen molar-refractivity contribution in [1.82, 2.24) is 9.78 Å². The maximum Gasteiger partial charge on any atom is 0.156 e. The molecule has 0 aliphatic rings. The number of anilines is 1. The number of carbonyl (C=O) groups excluding carboxylic acids is 1. The van der Waals surface area contributed by atoms with E-state index in [0.29, 0.717) is 29.4 Å². The highest BCUT2D eigenvalue weighted by Gasteiger charge is 2.18. The first-order chi connectivity index (χ1) is 9.08. The minimum atomic E-state index is 0.356. The molecule has 0 saturated carbocycles. The van der Waals surface area contributed by atoms with Gasteiger partial charge in [0.15, 0.2) is 6.29 Å². The number of aryl methyl sites for hydroxylation is 2. The summed E-state index contributed by atoms with van der Waals surface area (Å²) in [5, 5.41) is 4.32. The first kappa shape index (κ1) is 13.1.